The minimum atomic E-state index is -4.65. The van der Waals surface area contributed by atoms with E-state index in [0.29, 0.717) is 6.42 Å². The van der Waals surface area contributed by atoms with Crippen LogP contribution in [0.2, 0.25) is 0 Å². The molecule has 212 valence electrons. The monoisotopic (exact) mass is 585 g/mol. The van der Waals surface area contributed by atoms with Gasteiger partial charge in [0.1, 0.15) is 10.7 Å². The van der Waals surface area contributed by atoms with Crippen molar-refractivity contribution in [2.75, 3.05) is 22.1 Å². The Kier molecular flexibility index (Phi) is 8.77. The van der Waals surface area contributed by atoms with Gasteiger partial charge in [-0.25, -0.2) is 9.69 Å². The molecule has 0 spiro atoms. The van der Waals surface area contributed by atoms with Crippen LogP contribution in [-0.4, -0.2) is 30.3 Å². The van der Waals surface area contributed by atoms with Crippen molar-refractivity contribution in [1.29, 1.82) is 0 Å². The number of para-hydroxylation sites is 1. The Balaban J connectivity index is 1.46. The Hall–Kier alpha value is -4.64. The second-order valence-electron chi connectivity index (χ2n) is 8.87. The van der Waals surface area contributed by atoms with Gasteiger partial charge in [-0.15, -0.1) is 0 Å². The molecule has 0 aromatic heterocycles. The number of nitrogens with one attached hydrogen (secondary N) is 2. The number of rotatable bonds is 9. The molecule has 41 heavy (non-hydrogen) atoms. The Labute approximate surface area is 237 Å². The number of unbranched alkanes of at least 4 members (excludes halogenated alkanes) is 1. The summed E-state index contributed by atoms with van der Waals surface area (Å²) in [4.78, 5) is 51.7. The Morgan fingerprint density at radius 1 is 0.927 bits per heavy atom. The molecule has 0 atom stereocenters. The SMILES string of the molecule is CCCCOC(=O)c1cccc(N2C(=O)C(Cl)=C(Nc3ccc(C(=O)Nc4ccccc4C(F)(F)F)cc3)C2=O)c1. The molecule has 0 saturated carbocycles. The van der Waals surface area contributed by atoms with Crippen LogP contribution in [0.3, 0.4) is 0 Å². The van der Waals surface area contributed by atoms with Crippen LogP contribution in [0, 0.1) is 0 Å². The van der Waals surface area contributed by atoms with E-state index in [1.54, 1.807) is 0 Å². The molecule has 3 amide bonds. The maximum Gasteiger partial charge on any atom is 0.418 e. The third-order valence-corrected chi connectivity index (χ3v) is 6.35. The van der Waals surface area contributed by atoms with Gasteiger partial charge in [-0.05, 0) is 61.0 Å². The van der Waals surface area contributed by atoms with E-state index in [4.69, 9.17) is 16.3 Å². The highest BCUT2D eigenvalue weighted by molar-refractivity contribution is 6.53. The molecule has 1 aliphatic rings. The van der Waals surface area contributed by atoms with Gasteiger partial charge in [0.15, 0.2) is 0 Å². The summed E-state index contributed by atoms with van der Waals surface area (Å²) < 4.78 is 44.9. The second-order valence-corrected chi connectivity index (χ2v) is 9.25. The van der Waals surface area contributed by atoms with Crippen molar-refractivity contribution in [3.8, 4) is 0 Å². The van der Waals surface area contributed by atoms with Crippen molar-refractivity contribution in [2.24, 2.45) is 0 Å². The lowest BCUT2D eigenvalue weighted by Gasteiger charge is -2.16. The van der Waals surface area contributed by atoms with Crippen molar-refractivity contribution in [3.05, 3.63) is 100 Å². The van der Waals surface area contributed by atoms with Gasteiger partial charge >= 0.3 is 12.1 Å². The number of alkyl halides is 3. The number of amides is 3. The minimum Gasteiger partial charge on any atom is -0.462 e. The lowest BCUT2D eigenvalue weighted by Crippen LogP contribution is -2.32. The zero-order valence-corrected chi connectivity index (χ0v) is 22.3. The zero-order chi connectivity index (χ0) is 29.7. The summed E-state index contributed by atoms with van der Waals surface area (Å²) in [5, 5.41) is 4.61. The number of esters is 1. The van der Waals surface area contributed by atoms with Gasteiger partial charge in [-0.1, -0.05) is 43.1 Å². The Morgan fingerprint density at radius 2 is 1.63 bits per heavy atom. The molecule has 2 N–H and O–H groups in total. The quantitative estimate of drug-likeness (QED) is 0.172. The highest BCUT2D eigenvalue weighted by atomic mass is 35.5. The van der Waals surface area contributed by atoms with Gasteiger partial charge in [0, 0.05) is 11.3 Å². The molecule has 3 aromatic carbocycles. The van der Waals surface area contributed by atoms with Crippen LogP contribution in [0.15, 0.2) is 83.5 Å². The van der Waals surface area contributed by atoms with Crippen LogP contribution in [0.5, 0.6) is 0 Å². The first-order valence-corrected chi connectivity index (χ1v) is 12.8. The maximum atomic E-state index is 13.2. The van der Waals surface area contributed by atoms with Crippen LogP contribution in [-0.2, 0) is 20.5 Å². The molecule has 3 aromatic rings. The summed E-state index contributed by atoms with van der Waals surface area (Å²) in [7, 11) is 0. The minimum absolute atomic E-state index is 0.0469. The average Bonchev–Trinajstić information content (AvgIpc) is 3.16. The van der Waals surface area contributed by atoms with Gasteiger partial charge in [0.2, 0.25) is 0 Å². The standard InChI is InChI=1S/C29H23ClF3N3O5/c1-2-3-15-41-28(40)18-7-6-8-20(16-18)36-26(38)23(30)24(27(36)39)34-19-13-11-17(12-14-19)25(37)35-22-10-5-4-9-21(22)29(31,32)33/h4-14,16,34H,2-3,15H2,1H3,(H,35,37). The van der Waals surface area contributed by atoms with Crippen molar-refractivity contribution in [3.63, 3.8) is 0 Å². The summed E-state index contributed by atoms with van der Waals surface area (Å²) in [6.45, 7) is 2.19. The fraction of sp³-hybridized carbons (Fsp3) is 0.172. The Morgan fingerprint density at radius 3 is 2.32 bits per heavy atom. The number of anilines is 3. The number of nitrogens with zero attached hydrogens (tertiary/aromatic N) is 1. The molecule has 0 saturated heterocycles. The molecule has 12 heteroatoms. The van der Waals surface area contributed by atoms with Crippen LogP contribution < -0.4 is 15.5 Å². The summed E-state index contributed by atoms with van der Waals surface area (Å²) in [6, 6.07) is 15.9. The summed E-state index contributed by atoms with van der Waals surface area (Å²) in [6.07, 6.45) is -3.11. The summed E-state index contributed by atoms with van der Waals surface area (Å²) in [5.41, 5.74) is -1.01. The van der Waals surface area contributed by atoms with Gasteiger partial charge in [-0.2, -0.15) is 13.2 Å². The van der Waals surface area contributed by atoms with E-state index in [9.17, 15) is 32.3 Å². The summed E-state index contributed by atoms with van der Waals surface area (Å²) >= 11 is 6.19. The number of benzene rings is 3. The maximum absolute atomic E-state index is 13.2. The fourth-order valence-corrected chi connectivity index (χ4v) is 4.11. The first kappa shape index (κ1) is 29.3. The van der Waals surface area contributed by atoms with Gasteiger partial charge < -0.3 is 15.4 Å². The first-order chi connectivity index (χ1) is 19.5. The van der Waals surface area contributed by atoms with E-state index in [1.807, 2.05) is 6.92 Å². The number of imide groups is 1. The predicted molar refractivity (Wildman–Crippen MR) is 146 cm³/mol. The van der Waals surface area contributed by atoms with Gasteiger partial charge in [-0.3, -0.25) is 14.4 Å². The fourth-order valence-electron chi connectivity index (χ4n) is 3.89. The van der Waals surface area contributed by atoms with Crippen molar-refractivity contribution >= 4 is 52.4 Å². The largest absolute Gasteiger partial charge is 0.462 e. The smallest absolute Gasteiger partial charge is 0.418 e. The van der Waals surface area contributed by atoms with Crippen molar-refractivity contribution in [2.45, 2.75) is 25.9 Å². The number of hydrogen-bond acceptors (Lipinski definition) is 6. The third-order valence-electron chi connectivity index (χ3n) is 6.00. The average molecular weight is 586 g/mol. The molecule has 4 rings (SSSR count). The molecular weight excluding hydrogens is 563 g/mol. The van der Waals surface area contributed by atoms with Crippen LogP contribution in [0.25, 0.3) is 0 Å². The lowest BCUT2D eigenvalue weighted by atomic mass is 10.1. The highest BCUT2D eigenvalue weighted by Crippen LogP contribution is 2.35. The number of hydrogen-bond donors (Lipinski definition) is 2. The van der Waals surface area contributed by atoms with Crippen LogP contribution in [0.1, 0.15) is 46.0 Å². The molecule has 8 nitrogen and oxygen atoms in total. The van der Waals surface area contributed by atoms with E-state index in [1.165, 1.54) is 60.7 Å². The molecule has 0 unspecified atom stereocenters. The number of carbonyl (C=O) groups is 4. The van der Waals surface area contributed by atoms with E-state index in [-0.39, 0.29) is 34.8 Å². The molecular formula is C29H23ClF3N3O5. The van der Waals surface area contributed by atoms with Crippen molar-refractivity contribution in [1.82, 2.24) is 0 Å². The van der Waals surface area contributed by atoms with E-state index in [2.05, 4.69) is 10.6 Å². The van der Waals surface area contributed by atoms with Crippen LogP contribution in [0.4, 0.5) is 30.2 Å². The molecule has 0 bridgehead atoms. The van der Waals surface area contributed by atoms with Gasteiger partial charge in [0.25, 0.3) is 17.7 Å². The molecule has 1 aliphatic heterocycles. The number of ether oxygens (including phenoxy) is 1. The highest BCUT2D eigenvalue weighted by Gasteiger charge is 2.39. The molecule has 0 radical (unpaired) electrons. The third kappa shape index (κ3) is 6.58. The molecule has 0 aliphatic carbocycles. The molecule has 1 heterocycles. The zero-order valence-electron chi connectivity index (χ0n) is 21.5. The normalized spacial score (nSPS) is 13.4. The Bertz CT molecular complexity index is 1540. The number of carbonyl (C=O) groups excluding carboxylic acids is 4. The first-order valence-electron chi connectivity index (χ1n) is 12.4. The molecule has 0 fully saturated rings. The van der Waals surface area contributed by atoms with Gasteiger partial charge in [0.05, 0.1) is 29.1 Å². The topological polar surface area (TPSA) is 105 Å². The van der Waals surface area contributed by atoms with Crippen LogP contribution >= 0.6 is 11.6 Å². The summed E-state index contributed by atoms with van der Waals surface area (Å²) in [5.74, 6) is -2.96. The van der Waals surface area contributed by atoms with Crippen molar-refractivity contribution < 1.29 is 37.1 Å². The van der Waals surface area contributed by atoms with E-state index >= 15 is 0 Å². The predicted octanol–water partition coefficient (Wildman–Crippen LogP) is 6.35. The van der Waals surface area contributed by atoms with E-state index < -0.39 is 46.2 Å². The number of halogens is 4. The van der Waals surface area contributed by atoms with E-state index in [0.717, 1.165) is 23.5 Å². The second kappa shape index (κ2) is 12.3. The lowest BCUT2D eigenvalue weighted by molar-refractivity contribution is -0.137.